The summed E-state index contributed by atoms with van der Waals surface area (Å²) < 4.78 is 0. The largest absolute Gasteiger partial charge is 0.212 e. The summed E-state index contributed by atoms with van der Waals surface area (Å²) in [4.78, 5) is 15.7. The minimum absolute atomic E-state index is 0.00156. The Morgan fingerprint density at radius 2 is 1.06 bits per heavy atom. The lowest BCUT2D eigenvalue weighted by atomic mass is 9.70. The van der Waals surface area contributed by atoms with Gasteiger partial charge in [-0.25, -0.2) is 15.0 Å². The number of hydrogen-bond acceptors (Lipinski definition) is 3. The van der Waals surface area contributed by atoms with Crippen molar-refractivity contribution in [1.82, 2.24) is 15.0 Å². The first kappa shape index (κ1) is 29.2. The molecule has 0 amide bonds. The molecule has 0 fully saturated rings. The predicted octanol–water partition coefficient (Wildman–Crippen LogP) is 11.2. The molecule has 49 heavy (non-hydrogen) atoms. The standard InChI is InChI=1S/C46H35N3/c1-30-23-24-34(32-15-6-3-7-16-32)28-42(30)46-48-44(35-18-12-17-33(27-35)31-13-4-2-5-14-31)47-45(49-46)36-25-26-41-39-21-9-8-19-37(39)38-20-10-11-22-40(38)43(41)29-36/h2-30,38,40,42H,1H3. The van der Waals surface area contributed by atoms with Gasteiger partial charge in [0.2, 0.25) is 0 Å². The Bertz CT molecular complexity index is 2310. The SMILES string of the molecule is CC1C=CC(c2ccccc2)=CC1c1nc(-c2cccc(-c3ccccc3)c2)nc(-c2ccc3c(c2)C2C=CC=CC2c2ccccc2-3)n1. The van der Waals surface area contributed by atoms with Crippen molar-refractivity contribution >= 4 is 5.57 Å². The van der Waals surface area contributed by atoms with Crippen LogP contribution in [0.25, 0.3) is 50.6 Å². The second-order valence-electron chi connectivity index (χ2n) is 13.2. The smallest absolute Gasteiger partial charge is 0.163 e. The zero-order valence-electron chi connectivity index (χ0n) is 27.3. The fraction of sp³-hybridized carbons (Fsp3) is 0.109. The van der Waals surface area contributed by atoms with Gasteiger partial charge >= 0.3 is 0 Å². The molecule has 1 heterocycles. The molecule has 3 nitrogen and oxygen atoms in total. The number of nitrogens with zero attached hydrogens (tertiary/aromatic N) is 3. The lowest BCUT2D eigenvalue weighted by Crippen LogP contribution is -2.17. The van der Waals surface area contributed by atoms with E-state index in [0.29, 0.717) is 17.6 Å². The van der Waals surface area contributed by atoms with Crippen molar-refractivity contribution in [3.8, 4) is 45.0 Å². The highest BCUT2D eigenvalue weighted by Crippen LogP contribution is 2.50. The second-order valence-corrected chi connectivity index (χ2v) is 13.2. The number of aromatic nitrogens is 3. The molecule has 3 heteroatoms. The molecule has 3 aliphatic rings. The number of benzene rings is 5. The van der Waals surface area contributed by atoms with Gasteiger partial charge < -0.3 is 0 Å². The third-order valence-corrected chi connectivity index (χ3v) is 10.2. The fourth-order valence-electron chi connectivity index (χ4n) is 7.63. The normalized spacial score (nSPS) is 20.2. The van der Waals surface area contributed by atoms with E-state index in [-0.39, 0.29) is 17.8 Å². The zero-order valence-corrected chi connectivity index (χ0v) is 27.3. The Kier molecular flexibility index (Phi) is 7.31. The molecule has 4 atom stereocenters. The molecule has 0 saturated carbocycles. The summed E-state index contributed by atoms with van der Waals surface area (Å²) in [5, 5.41) is 0. The summed E-state index contributed by atoms with van der Waals surface area (Å²) >= 11 is 0. The van der Waals surface area contributed by atoms with Crippen molar-refractivity contribution in [2.24, 2.45) is 5.92 Å². The first-order valence-electron chi connectivity index (χ1n) is 17.2. The molecule has 234 valence electrons. The fourth-order valence-corrected chi connectivity index (χ4v) is 7.63. The third-order valence-electron chi connectivity index (χ3n) is 10.2. The number of rotatable bonds is 5. The third kappa shape index (κ3) is 5.38. The highest BCUT2D eigenvalue weighted by Gasteiger charge is 2.32. The van der Waals surface area contributed by atoms with Crippen LogP contribution in [0.4, 0.5) is 0 Å². The molecule has 4 unspecified atom stereocenters. The summed E-state index contributed by atoms with van der Waals surface area (Å²) in [5.74, 6) is 2.98. The van der Waals surface area contributed by atoms with Crippen molar-refractivity contribution in [1.29, 1.82) is 0 Å². The minimum Gasteiger partial charge on any atom is -0.212 e. The summed E-state index contributed by atoms with van der Waals surface area (Å²) in [6, 6.07) is 45.2. The van der Waals surface area contributed by atoms with E-state index < -0.39 is 0 Å². The van der Waals surface area contributed by atoms with Crippen molar-refractivity contribution in [3.63, 3.8) is 0 Å². The summed E-state index contributed by atoms with van der Waals surface area (Å²) in [6.45, 7) is 2.25. The zero-order chi connectivity index (χ0) is 32.7. The van der Waals surface area contributed by atoms with Crippen molar-refractivity contribution in [3.05, 3.63) is 192 Å². The van der Waals surface area contributed by atoms with Crippen LogP contribution < -0.4 is 0 Å². The lowest BCUT2D eigenvalue weighted by Gasteiger charge is -2.34. The molecule has 1 aromatic heterocycles. The van der Waals surface area contributed by atoms with E-state index in [1.165, 1.54) is 39.0 Å². The Balaban J connectivity index is 1.21. The van der Waals surface area contributed by atoms with Gasteiger partial charge in [0.05, 0.1) is 0 Å². The quantitative estimate of drug-likeness (QED) is 0.190. The van der Waals surface area contributed by atoms with E-state index in [1.54, 1.807) is 0 Å². The van der Waals surface area contributed by atoms with E-state index in [0.717, 1.165) is 22.5 Å². The van der Waals surface area contributed by atoms with Gasteiger partial charge in [0.15, 0.2) is 11.6 Å². The maximum atomic E-state index is 5.28. The molecule has 0 saturated heterocycles. The van der Waals surface area contributed by atoms with Crippen molar-refractivity contribution < 1.29 is 0 Å². The minimum atomic E-state index is -0.00156. The van der Waals surface area contributed by atoms with Crippen LogP contribution in [-0.2, 0) is 0 Å². The highest BCUT2D eigenvalue weighted by molar-refractivity contribution is 5.80. The van der Waals surface area contributed by atoms with Gasteiger partial charge in [-0.2, -0.15) is 0 Å². The van der Waals surface area contributed by atoms with Gasteiger partial charge in [-0.15, -0.1) is 0 Å². The molecule has 0 radical (unpaired) electrons. The topological polar surface area (TPSA) is 38.7 Å². The molecule has 0 aliphatic heterocycles. The molecular weight excluding hydrogens is 595 g/mol. The van der Waals surface area contributed by atoms with E-state index in [1.807, 2.05) is 6.07 Å². The summed E-state index contributed by atoms with van der Waals surface area (Å²) in [6.07, 6.45) is 15.9. The van der Waals surface area contributed by atoms with E-state index in [9.17, 15) is 0 Å². The molecule has 3 aliphatic carbocycles. The Hall–Kier alpha value is -5.93. The van der Waals surface area contributed by atoms with Gasteiger partial charge in [-0.05, 0) is 62.6 Å². The van der Waals surface area contributed by atoms with Crippen LogP contribution in [0.5, 0.6) is 0 Å². The first-order valence-corrected chi connectivity index (χ1v) is 17.2. The first-order chi connectivity index (χ1) is 24.2. The van der Waals surface area contributed by atoms with Crippen LogP contribution in [0.2, 0.25) is 0 Å². The number of fused-ring (bicyclic) bond motifs is 6. The Labute approximate surface area is 287 Å². The molecule has 0 N–H and O–H groups in total. The maximum Gasteiger partial charge on any atom is 0.163 e. The van der Waals surface area contributed by atoms with Crippen LogP contribution in [0.1, 0.15) is 47.2 Å². The van der Waals surface area contributed by atoms with Gasteiger partial charge in [-0.3, -0.25) is 0 Å². The summed E-state index contributed by atoms with van der Waals surface area (Å²) in [5.41, 5.74) is 12.0. The molecule has 6 aromatic rings. The molecule has 0 bridgehead atoms. The Morgan fingerprint density at radius 1 is 0.449 bits per heavy atom. The average molecular weight is 630 g/mol. The monoisotopic (exact) mass is 629 g/mol. The van der Waals surface area contributed by atoms with E-state index in [2.05, 4.69) is 171 Å². The molecule has 0 spiro atoms. The highest BCUT2D eigenvalue weighted by atomic mass is 15.0. The van der Waals surface area contributed by atoms with Gasteiger partial charge in [0.1, 0.15) is 5.82 Å². The van der Waals surface area contributed by atoms with Gasteiger partial charge in [-0.1, -0.05) is 165 Å². The number of hydrogen-bond donors (Lipinski definition) is 0. The molecule has 5 aromatic carbocycles. The lowest BCUT2D eigenvalue weighted by molar-refractivity contribution is 0.602. The molecule has 9 rings (SSSR count). The predicted molar refractivity (Wildman–Crippen MR) is 201 cm³/mol. The summed E-state index contributed by atoms with van der Waals surface area (Å²) in [7, 11) is 0. The molecular formula is C46H35N3. The van der Waals surface area contributed by atoms with Crippen LogP contribution in [0, 0.1) is 5.92 Å². The van der Waals surface area contributed by atoms with Crippen LogP contribution in [0.3, 0.4) is 0 Å². The maximum absolute atomic E-state index is 5.28. The van der Waals surface area contributed by atoms with Crippen molar-refractivity contribution in [2.45, 2.75) is 24.7 Å². The van der Waals surface area contributed by atoms with Gasteiger partial charge in [0.25, 0.3) is 0 Å². The van der Waals surface area contributed by atoms with Crippen LogP contribution >= 0.6 is 0 Å². The number of allylic oxidation sites excluding steroid dienone is 8. The van der Waals surface area contributed by atoms with Gasteiger partial charge in [0, 0.05) is 28.9 Å². The van der Waals surface area contributed by atoms with E-state index in [4.69, 9.17) is 15.0 Å². The van der Waals surface area contributed by atoms with Crippen LogP contribution in [-0.4, -0.2) is 15.0 Å². The second kappa shape index (κ2) is 12.3. The average Bonchev–Trinajstić information content (AvgIpc) is 3.18. The van der Waals surface area contributed by atoms with Crippen molar-refractivity contribution in [2.75, 3.05) is 0 Å². The van der Waals surface area contributed by atoms with E-state index >= 15 is 0 Å². The van der Waals surface area contributed by atoms with Crippen LogP contribution in [0.15, 0.2) is 170 Å². The Morgan fingerprint density at radius 3 is 1.84 bits per heavy atom.